The summed E-state index contributed by atoms with van der Waals surface area (Å²) in [4.78, 5) is 0. The van der Waals surface area contributed by atoms with E-state index in [1.54, 1.807) is 6.07 Å². The van der Waals surface area contributed by atoms with Crippen LogP contribution >= 0.6 is 0 Å². The number of rotatable bonds is 5. The van der Waals surface area contributed by atoms with Crippen molar-refractivity contribution in [2.45, 2.75) is 45.3 Å². The van der Waals surface area contributed by atoms with Crippen molar-refractivity contribution < 1.29 is 25.2 Å². The van der Waals surface area contributed by atoms with E-state index in [1.165, 1.54) is 22.3 Å². The van der Waals surface area contributed by atoms with E-state index < -0.39 is 18.8 Å². The van der Waals surface area contributed by atoms with Crippen LogP contribution in [0.25, 0.3) is 0 Å². The van der Waals surface area contributed by atoms with Gasteiger partial charge in [0, 0.05) is 11.8 Å². The molecular formula is C20H26O5. The Morgan fingerprint density at radius 1 is 1.08 bits per heavy atom. The molecule has 5 heteroatoms. The van der Waals surface area contributed by atoms with Gasteiger partial charge >= 0.3 is 0 Å². The molecule has 0 saturated heterocycles. The van der Waals surface area contributed by atoms with Crippen LogP contribution in [0.3, 0.4) is 0 Å². The quantitative estimate of drug-likeness (QED) is 0.611. The Bertz CT molecular complexity index is 717. The molecule has 0 aliphatic heterocycles. The van der Waals surface area contributed by atoms with Gasteiger partial charge in [0.25, 0.3) is 0 Å². The maximum atomic E-state index is 9.77. The van der Waals surface area contributed by atoms with Crippen molar-refractivity contribution in [2.24, 2.45) is 5.41 Å². The van der Waals surface area contributed by atoms with Crippen LogP contribution in [0.15, 0.2) is 41.2 Å². The number of hydrogen-bond acceptors (Lipinski definition) is 5. The van der Waals surface area contributed by atoms with Crippen LogP contribution in [0, 0.1) is 5.41 Å². The molecule has 2 aliphatic rings. The Morgan fingerprint density at radius 2 is 1.84 bits per heavy atom. The summed E-state index contributed by atoms with van der Waals surface area (Å²) in [5.41, 5.74) is 4.90. The second-order valence-electron chi connectivity index (χ2n) is 7.53. The molecule has 1 aromatic carbocycles. The van der Waals surface area contributed by atoms with Crippen LogP contribution < -0.4 is 0 Å². The highest BCUT2D eigenvalue weighted by atomic mass is 16.5. The molecule has 1 aromatic rings. The lowest BCUT2D eigenvalue weighted by molar-refractivity contribution is -0.0461. The Kier molecular flexibility index (Phi) is 4.91. The molecule has 4 N–H and O–H groups in total. The van der Waals surface area contributed by atoms with Crippen molar-refractivity contribution in [1.82, 2.24) is 0 Å². The topological polar surface area (TPSA) is 90.2 Å². The third kappa shape index (κ3) is 3.73. The van der Waals surface area contributed by atoms with Gasteiger partial charge in [0.05, 0.1) is 12.4 Å². The normalized spacial score (nSPS) is 21.1. The Hall–Kier alpha value is -1.82. The van der Waals surface area contributed by atoms with Crippen LogP contribution in [-0.2, 0) is 17.6 Å². The first-order valence-electron chi connectivity index (χ1n) is 8.64. The van der Waals surface area contributed by atoms with E-state index in [9.17, 15) is 15.3 Å². The van der Waals surface area contributed by atoms with E-state index in [2.05, 4.69) is 19.9 Å². The van der Waals surface area contributed by atoms with E-state index in [4.69, 9.17) is 9.84 Å². The second-order valence-corrected chi connectivity index (χ2v) is 7.53. The molecule has 0 bridgehead atoms. The molecule has 3 rings (SSSR count). The summed E-state index contributed by atoms with van der Waals surface area (Å²) in [6, 6.07) is 5.54. The molecule has 0 amide bonds. The Balaban J connectivity index is 1.75. The van der Waals surface area contributed by atoms with E-state index in [0.29, 0.717) is 12.2 Å². The number of allylic oxidation sites excluding steroid dienone is 3. The molecule has 0 spiro atoms. The number of aliphatic hydroxyl groups is 3. The van der Waals surface area contributed by atoms with Crippen LogP contribution in [-0.4, -0.2) is 45.8 Å². The summed E-state index contributed by atoms with van der Waals surface area (Å²) >= 11 is 0. The Labute approximate surface area is 147 Å². The number of hydrogen-bond donors (Lipinski definition) is 4. The fourth-order valence-electron chi connectivity index (χ4n) is 3.72. The number of aromatic hydroxyl groups is 1. The third-order valence-corrected chi connectivity index (χ3v) is 5.15. The zero-order valence-corrected chi connectivity index (χ0v) is 14.7. The Morgan fingerprint density at radius 3 is 2.56 bits per heavy atom. The SMILES string of the molecule is CC1(C)C=C(OC[C@@H](O)[C@H](O)CO)CC2=C1Cc1cc(O)ccc1C2. The molecule has 0 fully saturated rings. The third-order valence-electron chi connectivity index (χ3n) is 5.15. The number of ether oxygens (including phenoxy) is 1. The molecule has 2 atom stereocenters. The van der Waals surface area contributed by atoms with Crippen molar-refractivity contribution in [3.05, 3.63) is 52.3 Å². The smallest absolute Gasteiger partial charge is 0.116 e. The van der Waals surface area contributed by atoms with Crippen LogP contribution in [0.5, 0.6) is 5.75 Å². The molecule has 0 aromatic heterocycles. The second kappa shape index (κ2) is 6.83. The van der Waals surface area contributed by atoms with Gasteiger partial charge in [-0.2, -0.15) is 0 Å². The molecule has 0 unspecified atom stereocenters. The average molecular weight is 346 g/mol. The zero-order chi connectivity index (χ0) is 18.2. The molecule has 0 saturated carbocycles. The maximum absolute atomic E-state index is 9.77. The van der Waals surface area contributed by atoms with Gasteiger partial charge < -0.3 is 25.2 Å². The molecule has 136 valence electrons. The largest absolute Gasteiger partial charge is 0.508 e. The predicted molar refractivity (Wildman–Crippen MR) is 94.1 cm³/mol. The highest BCUT2D eigenvalue weighted by molar-refractivity contribution is 5.48. The van der Waals surface area contributed by atoms with Crippen molar-refractivity contribution >= 4 is 0 Å². The minimum absolute atomic E-state index is 0.0449. The number of benzene rings is 1. The van der Waals surface area contributed by atoms with E-state index in [-0.39, 0.29) is 12.0 Å². The number of fused-ring (bicyclic) bond motifs is 1. The molecule has 0 radical (unpaired) electrons. The lowest BCUT2D eigenvalue weighted by atomic mass is 9.69. The van der Waals surface area contributed by atoms with Crippen molar-refractivity contribution in [1.29, 1.82) is 0 Å². The van der Waals surface area contributed by atoms with Gasteiger partial charge in [-0.15, -0.1) is 0 Å². The standard InChI is InChI=1S/C20H26O5/c1-20(2)9-16(25-11-19(24)18(23)10-21)7-14-5-12-3-4-15(22)6-13(12)8-17(14)20/h3-4,6,9,18-19,21-24H,5,7-8,10-11H2,1-2H3/t18-,19-/m1/s1. The predicted octanol–water partition coefficient (Wildman–Crippen LogP) is 1.83. The fraction of sp³-hybridized carbons (Fsp3) is 0.500. The van der Waals surface area contributed by atoms with Gasteiger partial charge in [-0.1, -0.05) is 31.1 Å². The molecular weight excluding hydrogens is 320 g/mol. The maximum Gasteiger partial charge on any atom is 0.116 e. The number of phenolic OH excluding ortho intramolecular Hbond substituents is 1. The monoisotopic (exact) mass is 346 g/mol. The van der Waals surface area contributed by atoms with Crippen LogP contribution in [0.2, 0.25) is 0 Å². The van der Waals surface area contributed by atoms with Gasteiger partial charge in [0.15, 0.2) is 0 Å². The van der Waals surface area contributed by atoms with Gasteiger partial charge in [-0.05, 0) is 42.2 Å². The summed E-state index contributed by atoms with van der Waals surface area (Å²) in [6.45, 7) is 3.74. The van der Waals surface area contributed by atoms with Crippen LogP contribution in [0.4, 0.5) is 0 Å². The molecule has 5 nitrogen and oxygen atoms in total. The summed E-state index contributed by atoms with van der Waals surface area (Å²) in [5, 5.41) is 37.8. The molecule has 25 heavy (non-hydrogen) atoms. The lowest BCUT2D eigenvalue weighted by Crippen LogP contribution is -2.33. The molecule has 0 heterocycles. The summed E-state index contributed by atoms with van der Waals surface area (Å²) < 4.78 is 5.73. The van der Waals surface area contributed by atoms with Crippen LogP contribution in [0.1, 0.15) is 31.4 Å². The summed E-state index contributed by atoms with van der Waals surface area (Å²) in [6.07, 6.45) is 2.10. The highest BCUT2D eigenvalue weighted by Gasteiger charge is 2.33. The van der Waals surface area contributed by atoms with E-state index in [1.807, 2.05) is 12.1 Å². The number of phenols is 1. The van der Waals surface area contributed by atoms with Gasteiger partial charge in [-0.3, -0.25) is 0 Å². The van der Waals surface area contributed by atoms with Gasteiger partial charge in [-0.25, -0.2) is 0 Å². The summed E-state index contributed by atoms with van der Waals surface area (Å²) in [5.74, 6) is 1.09. The summed E-state index contributed by atoms with van der Waals surface area (Å²) in [7, 11) is 0. The van der Waals surface area contributed by atoms with Crippen molar-refractivity contribution in [2.75, 3.05) is 13.2 Å². The van der Waals surface area contributed by atoms with Gasteiger partial charge in [0.1, 0.15) is 24.6 Å². The highest BCUT2D eigenvalue weighted by Crippen LogP contribution is 2.45. The number of aliphatic hydroxyl groups excluding tert-OH is 3. The minimum Gasteiger partial charge on any atom is -0.508 e. The first-order valence-corrected chi connectivity index (χ1v) is 8.64. The lowest BCUT2D eigenvalue weighted by Gasteiger charge is -2.37. The van der Waals surface area contributed by atoms with E-state index in [0.717, 1.165) is 18.6 Å². The zero-order valence-electron chi connectivity index (χ0n) is 14.7. The average Bonchev–Trinajstić information content (AvgIpc) is 2.57. The molecule has 2 aliphatic carbocycles. The van der Waals surface area contributed by atoms with Gasteiger partial charge in [0.2, 0.25) is 0 Å². The van der Waals surface area contributed by atoms with Crippen molar-refractivity contribution in [3.8, 4) is 5.75 Å². The van der Waals surface area contributed by atoms with Crippen molar-refractivity contribution in [3.63, 3.8) is 0 Å². The minimum atomic E-state index is -1.19. The van der Waals surface area contributed by atoms with E-state index >= 15 is 0 Å². The first-order chi connectivity index (χ1) is 11.8. The fourth-order valence-corrected chi connectivity index (χ4v) is 3.72. The first kappa shape index (κ1) is 18.0.